The van der Waals surface area contributed by atoms with E-state index in [1.54, 1.807) is 19.2 Å². The minimum atomic E-state index is -0.498. The van der Waals surface area contributed by atoms with Gasteiger partial charge in [0.1, 0.15) is 5.82 Å². The molecule has 2 N–H and O–H groups in total. The monoisotopic (exact) mass is 293 g/mol. The first-order valence-corrected chi connectivity index (χ1v) is 6.27. The largest absolute Gasteiger partial charge is 0.396 e. The van der Waals surface area contributed by atoms with E-state index in [1.807, 2.05) is 0 Å². The van der Waals surface area contributed by atoms with Crippen molar-refractivity contribution < 1.29 is 9.18 Å². The summed E-state index contributed by atoms with van der Waals surface area (Å²) < 4.78 is 13.7. The van der Waals surface area contributed by atoms with Crippen LogP contribution in [0, 0.1) is 5.82 Å². The number of nitrogens with two attached hydrogens (primary N) is 1. The van der Waals surface area contributed by atoms with E-state index < -0.39 is 5.82 Å². The molecule has 1 aromatic carbocycles. The number of pyridine rings is 1. The lowest BCUT2D eigenvalue weighted by Crippen LogP contribution is -2.29. The number of nitrogens with zero attached hydrogens (tertiary/aromatic N) is 2. The first-order valence-electron chi connectivity index (χ1n) is 5.89. The Kier molecular flexibility index (Phi) is 4.20. The Balaban J connectivity index is 2.23. The summed E-state index contributed by atoms with van der Waals surface area (Å²) in [5.41, 5.74) is 6.84. The predicted octanol–water partition coefficient (Wildman–Crippen LogP) is 2.66. The second-order valence-corrected chi connectivity index (χ2v) is 4.67. The van der Waals surface area contributed by atoms with E-state index in [2.05, 4.69) is 4.98 Å². The summed E-state index contributed by atoms with van der Waals surface area (Å²) in [4.78, 5) is 17.4. The van der Waals surface area contributed by atoms with Crippen molar-refractivity contribution in [2.45, 2.75) is 6.42 Å². The number of anilines is 2. The number of rotatable bonds is 3. The molecule has 104 valence electrons. The van der Waals surface area contributed by atoms with Crippen LogP contribution in [0.5, 0.6) is 0 Å². The van der Waals surface area contributed by atoms with Gasteiger partial charge in [-0.2, -0.15) is 0 Å². The van der Waals surface area contributed by atoms with Gasteiger partial charge in [0.25, 0.3) is 0 Å². The number of amides is 1. The van der Waals surface area contributed by atoms with Crippen molar-refractivity contribution in [3.05, 3.63) is 53.1 Å². The Bertz CT molecular complexity index is 628. The molecule has 0 bridgehead atoms. The van der Waals surface area contributed by atoms with Gasteiger partial charge in [0.2, 0.25) is 5.91 Å². The Labute approximate surface area is 121 Å². The fraction of sp³-hybridized carbons (Fsp3) is 0.143. The van der Waals surface area contributed by atoms with E-state index in [0.717, 1.165) is 0 Å². The number of nitrogen functional groups attached to an aromatic ring is 1. The number of halogens is 2. The van der Waals surface area contributed by atoms with Crippen LogP contribution in [0.4, 0.5) is 15.8 Å². The first-order chi connectivity index (χ1) is 9.50. The molecule has 0 atom stereocenters. The minimum absolute atomic E-state index is 0.135. The van der Waals surface area contributed by atoms with E-state index in [1.165, 1.54) is 29.4 Å². The molecule has 0 aliphatic heterocycles. The van der Waals surface area contributed by atoms with E-state index >= 15 is 0 Å². The number of carbonyl (C=O) groups excluding carboxylic acids is 1. The van der Waals surface area contributed by atoms with Crippen LogP contribution < -0.4 is 10.6 Å². The molecule has 0 spiro atoms. The lowest BCUT2D eigenvalue weighted by atomic mass is 10.1. The summed E-state index contributed by atoms with van der Waals surface area (Å²) in [5, 5.41) is 0.231. The Morgan fingerprint density at radius 3 is 2.85 bits per heavy atom. The lowest BCUT2D eigenvalue weighted by molar-refractivity contribution is -0.117. The number of hydrogen-bond acceptors (Lipinski definition) is 3. The summed E-state index contributed by atoms with van der Waals surface area (Å²) in [6, 6.07) is 5.94. The van der Waals surface area contributed by atoms with Crippen LogP contribution in [0.25, 0.3) is 0 Å². The fourth-order valence-corrected chi connectivity index (χ4v) is 2.04. The molecule has 0 aliphatic carbocycles. The van der Waals surface area contributed by atoms with Gasteiger partial charge in [-0.05, 0) is 18.2 Å². The number of likely N-dealkylation sites (N-methyl/N-ethyl adjacent to an activating group) is 1. The molecule has 20 heavy (non-hydrogen) atoms. The Hall–Kier alpha value is -2.14. The second-order valence-electron chi connectivity index (χ2n) is 4.26. The van der Waals surface area contributed by atoms with Gasteiger partial charge in [0, 0.05) is 23.8 Å². The van der Waals surface area contributed by atoms with Gasteiger partial charge < -0.3 is 10.6 Å². The van der Waals surface area contributed by atoms with Gasteiger partial charge in [-0.1, -0.05) is 17.7 Å². The Morgan fingerprint density at radius 1 is 1.45 bits per heavy atom. The molecule has 1 heterocycles. The number of aromatic nitrogens is 1. The van der Waals surface area contributed by atoms with Gasteiger partial charge in [-0.25, -0.2) is 4.39 Å². The van der Waals surface area contributed by atoms with Gasteiger partial charge in [-0.3, -0.25) is 9.78 Å². The van der Waals surface area contributed by atoms with Crippen molar-refractivity contribution >= 4 is 28.9 Å². The van der Waals surface area contributed by atoms with Crippen LogP contribution in [0.2, 0.25) is 5.02 Å². The maximum atomic E-state index is 13.7. The highest BCUT2D eigenvalue weighted by molar-refractivity contribution is 6.31. The fourth-order valence-electron chi connectivity index (χ4n) is 1.81. The first kappa shape index (κ1) is 14.3. The lowest BCUT2D eigenvalue weighted by Gasteiger charge is -2.19. The third kappa shape index (κ3) is 2.88. The number of carbonyl (C=O) groups is 1. The zero-order valence-electron chi connectivity index (χ0n) is 10.8. The number of benzene rings is 1. The van der Waals surface area contributed by atoms with Gasteiger partial charge in [0.05, 0.1) is 24.0 Å². The average molecular weight is 294 g/mol. The standard InChI is InChI=1S/C14H13ClFN3O/c1-19(13-5-6-18-8-12(13)17)14(20)7-9-10(15)3-2-4-11(9)16/h2-6,8H,7,17H2,1H3. The van der Waals surface area contributed by atoms with Gasteiger partial charge >= 0.3 is 0 Å². The molecule has 0 fully saturated rings. The molecule has 4 nitrogen and oxygen atoms in total. The molecule has 2 rings (SSSR count). The summed E-state index contributed by atoms with van der Waals surface area (Å²) in [6.07, 6.45) is 2.85. The van der Waals surface area contributed by atoms with Crippen molar-refractivity contribution in [1.29, 1.82) is 0 Å². The van der Waals surface area contributed by atoms with Crippen LogP contribution in [0.3, 0.4) is 0 Å². The normalized spacial score (nSPS) is 10.3. The molecule has 1 amide bonds. The molecule has 0 saturated heterocycles. The molecule has 2 aromatic rings. The molecule has 0 radical (unpaired) electrons. The molecular weight excluding hydrogens is 281 g/mol. The van der Waals surface area contributed by atoms with Crippen LogP contribution in [-0.2, 0) is 11.2 Å². The topological polar surface area (TPSA) is 59.2 Å². The van der Waals surface area contributed by atoms with Gasteiger partial charge in [-0.15, -0.1) is 0 Å². The summed E-state index contributed by atoms with van der Waals surface area (Å²) >= 11 is 5.91. The van der Waals surface area contributed by atoms with Crippen molar-refractivity contribution in [2.24, 2.45) is 0 Å². The highest BCUT2D eigenvalue weighted by Crippen LogP contribution is 2.23. The van der Waals surface area contributed by atoms with E-state index in [9.17, 15) is 9.18 Å². The smallest absolute Gasteiger partial charge is 0.231 e. The third-order valence-electron chi connectivity index (χ3n) is 2.95. The van der Waals surface area contributed by atoms with Gasteiger partial charge in [0.15, 0.2) is 0 Å². The molecule has 0 saturated carbocycles. The SMILES string of the molecule is CN(C(=O)Cc1c(F)cccc1Cl)c1ccncc1N. The van der Waals surface area contributed by atoms with E-state index in [0.29, 0.717) is 11.4 Å². The molecule has 1 aromatic heterocycles. The van der Waals surface area contributed by atoms with Crippen molar-refractivity contribution in [3.8, 4) is 0 Å². The van der Waals surface area contributed by atoms with Crippen LogP contribution in [0.1, 0.15) is 5.56 Å². The molecule has 0 aliphatic rings. The van der Waals surface area contributed by atoms with Crippen LogP contribution >= 0.6 is 11.6 Å². The third-order valence-corrected chi connectivity index (χ3v) is 3.31. The minimum Gasteiger partial charge on any atom is -0.396 e. The summed E-state index contributed by atoms with van der Waals surface area (Å²) in [5.74, 6) is -0.808. The summed E-state index contributed by atoms with van der Waals surface area (Å²) in [6.45, 7) is 0. The quantitative estimate of drug-likeness (QED) is 0.946. The number of hydrogen-bond donors (Lipinski definition) is 1. The van der Waals surface area contributed by atoms with Crippen LogP contribution in [-0.4, -0.2) is 17.9 Å². The zero-order chi connectivity index (χ0) is 14.7. The average Bonchev–Trinajstić information content (AvgIpc) is 2.42. The second kappa shape index (κ2) is 5.88. The molecular formula is C14H13ClFN3O. The predicted molar refractivity (Wildman–Crippen MR) is 77.2 cm³/mol. The highest BCUT2D eigenvalue weighted by Gasteiger charge is 2.17. The maximum Gasteiger partial charge on any atom is 0.231 e. The van der Waals surface area contributed by atoms with Crippen molar-refractivity contribution in [3.63, 3.8) is 0 Å². The van der Waals surface area contributed by atoms with E-state index in [-0.39, 0.29) is 22.9 Å². The zero-order valence-corrected chi connectivity index (χ0v) is 11.6. The molecule has 6 heteroatoms. The van der Waals surface area contributed by atoms with E-state index in [4.69, 9.17) is 17.3 Å². The van der Waals surface area contributed by atoms with Crippen molar-refractivity contribution in [1.82, 2.24) is 4.98 Å². The summed E-state index contributed by atoms with van der Waals surface area (Å²) in [7, 11) is 1.57. The van der Waals surface area contributed by atoms with Crippen molar-refractivity contribution in [2.75, 3.05) is 17.7 Å². The highest BCUT2D eigenvalue weighted by atomic mass is 35.5. The maximum absolute atomic E-state index is 13.7. The Morgan fingerprint density at radius 2 is 2.20 bits per heavy atom. The van der Waals surface area contributed by atoms with Crippen LogP contribution in [0.15, 0.2) is 36.7 Å². The molecule has 0 unspecified atom stereocenters.